The molecule has 0 atom stereocenters. The zero-order chi connectivity index (χ0) is 14.6. The van der Waals surface area contributed by atoms with Crippen molar-refractivity contribution in [3.05, 3.63) is 29.6 Å². The van der Waals surface area contributed by atoms with Crippen LogP contribution in [0.5, 0.6) is 0 Å². The van der Waals surface area contributed by atoms with Crippen LogP contribution in [0, 0.1) is 5.82 Å². The molecule has 1 rings (SSSR count). The van der Waals surface area contributed by atoms with Gasteiger partial charge in [0.1, 0.15) is 10.7 Å². The summed E-state index contributed by atoms with van der Waals surface area (Å²) in [5.74, 6) is -1.43. The number of nitrogens with zero attached hydrogens (tertiary/aromatic N) is 1. The predicted molar refractivity (Wildman–Crippen MR) is 68.7 cm³/mol. The van der Waals surface area contributed by atoms with Crippen molar-refractivity contribution in [3.8, 4) is 0 Å². The zero-order valence-corrected chi connectivity index (χ0v) is 11.5. The number of halogens is 1. The van der Waals surface area contributed by atoms with Crippen LogP contribution in [-0.2, 0) is 10.0 Å². The van der Waals surface area contributed by atoms with E-state index in [1.54, 1.807) is 14.1 Å². The van der Waals surface area contributed by atoms with Crippen LogP contribution in [-0.4, -0.2) is 46.4 Å². The molecule has 1 amide bonds. The molecule has 0 saturated carbocycles. The first-order valence-corrected chi connectivity index (χ1v) is 7.04. The Morgan fingerprint density at radius 1 is 1.47 bits per heavy atom. The first kappa shape index (κ1) is 15.5. The van der Waals surface area contributed by atoms with Crippen LogP contribution in [0.4, 0.5) is 4.39 Å². The number of rotatable bonds is 5. The molecule has 0 aromatic heterocycles. The molecule has 0 saturated heterocycles. The number of carbonyl (C=O) groups is 1. The van der Waals surface area contributed by atoms with Gasteiger partial charge in [-0.3, -0.25) is 4.79 Å². The molecule has 0 aliphatic carbocycles. The standard InChI is InChI=1S/C11H16FN3O3S/c1-14-5-6-15(2)11(16)8-3-4-10(9(12)7-8)19(13,17)18/h3-4,7,14H,5-6H2,1-2H3,(H2,13,17,18). The topological polar surface area (TPSA) is 92.5 Å². The largest absolute Gasteiger partial charge is 0.340 e. The van der Waals surface area contributed by atoms with E-state index in [1.165, 1.54) is 11.0 Å². The molecule has 0 spiro atoms. The highest BCUT2D eigenvalue weighted by atomic mass is 32.2. The summed E-state index contributed by atoms with van der Waals surface area (Å²) < 4.78 is 35.7. The average Bonchev–Trinajstić information content (AvgIpc) is 2.33. The van der Waals surface area contributed by atoms with Crippen molar-refractivity contribution in [2.24, 2.45) is 5.14 Å². The van der Waals surface area contributed by atoms with E-state index in [2.05, 4.69) is 5.32 Å². The highest BCUT2D eigenvalue weighted by Gasteiger charge is 2.18. The Kier molecular flexibility index (Phi) is 4.98. The van der Waals surface area contributed by atoms with Gasteiger partial charge in [0.15, 0.2) is 0 Å². The van der Waals surface area contributed by atoms with Gasteiger partial charge < -0.3 is 10.2 Å². The van der Waals surface area contributed by atoms with E-state index >= 15 is 0 Å². The summed E-state index contributed by atoms with van der Waals surface area (Å²) >= 11 is 0. The SMILES string of the molecule is CNCCN(C)C(=O)c1ccc(S(N)(=O)=O)c(F)c1. The van der Waals surface area contributed by atoms with Gasteiger partial charge in [-0.25, -0.2) is 17.9 Å². The van der Waals surface area contributed by atoms with E-state index < -0.39 is 26.6 Å². The van der Waals surface area contributed by atoms with Crippen LogP contribution in [0.1, 0.15) is 10.4 Å². The maximum Gasteiger partial charge on any atom is 0.253 e. The summed E-state index contributed by atoms with van der Waals surface area (Å²) in [6.07, 6.45) is 0. The maximum atomic E-state index is 13.6. The molecule has 8 heteroatoms. The van der Waals surface area contributed by atoms with Crippen molar-refractivity contribution in [1.82, 2.24) is 10.2 Å². The van der Waals surface area contributed by atoms with Gasteiger partial charge in [-0.15, -0.1) is 0 Å². The van der Waals surface area contributed by atoms with E-state index in [4.69, 9.17) is 5.14 Å². The van der Waals surface area contributed by atoms with Gasteiger partial charge in [0.2, 0.25) is 10.0 Å². The van der Waals surface area contributed by atoms with Crippen LogP contribution in [0.3, 0.4) is 0 Å². The minimum absolute atomic E-state index is 0.0727. The maximum absolute atomic E-state index is 13.6. The molecular weight excluding hydrogens is 273 g/mol. The van der Waals surface area contributed by atoms with Crippen LogP contribution in [0.15, 0.2) is 23.1 Å². The lowest BCUT2D eigenvalue weighted by Gasteiger charge is -2.17. The number of amides is 1. The third-order valence-corrected chi connectivity index (χ3v) is 3.47. The van der Waals surface area contributed by atoms with Gasteiger partial charge in [-0.1, -0.05) is 0 Å². The highest BCUT2D eigenvalue weighted by Crippen LogP contribution is 2.15. The number of nitrogens with two attached hydrogens (primary N) is 1. The molecular formula is C11H16FN3O3S. The Balaban J connectivity index is 2.98. The molecule has 0 aliphatic heterocycles. The summed E-state index contributed by atoms with van der Waals surface area (Å²) in [6, 6.07) is 3.10. The van der Waals surface area contributed by atoms with Gasteiger partial charge in [0.05, 0.1) is 0 Å². The summed E-state index contributed by atoms with van der Waals surface area (Å²) in [5.41, 5.74) is 0.0727. The molecule has 3 N–H and O–H groups in total. The second-order valence-corrected chi connectivity index (χ2v) is 5.55. The summed E-state index contributed by atoms with van der Waals surface area (Å²) in [5, 5.41) is 7.72. The number of primary sulfonamides is 1. The third-order valence-electron chi connectivity index (χ3n) is 2.53. The Hall–Kier alpha value is -1.51. The lowest BCUT2D eigenvalue weighted by Crippen LogP contribution is -2.32. The minimum atomic E-state index is -4.12. The fourth-order valence-electron chi connectivity index (χ4n) is 1.47. The van der Waals surface area contributed by atoms with Gasteiger partial charge in [-0.05, 0) is 25.2 Å². The first-order valence-electron chi connectivity index (χ1n) is 5.49. The van der Waals surface area contributed by atoms with Crippen molar-refractivity contribution in [2.75, 3.05) is 27.2 Å². The fourth-order valence-corrected chi connectivity index (χ4v) is 2.05. The van der Waals surface area contributed by atoms with Crippen LogP contribution >= 0.6 is 0 Å². The number of carbonyl (C=O) groups excluding carboxylic acids is 1. The van der Waals surface area contributed by atoms with E-state index in [9.17, 15) is 17.6 Å². The Bertz CT molecular complexity index is 575. The van der Waals surface area contributed by atoms with Crippen LogP contribution in [0.25, 0.3) is 0 Å². The monoisotopic (exact) mass is 289 g/mol. The Morgan fingerprint density at radius 2 is 2.11 bits per heavy atom. The first-order chi connectivity index (χ1) is 8.77. The molecule has 1 aromatic rings. The van der Waals surface area contributed by atoms with Gasteiger partial charge >= 0.3 is 0 Å². The third kappa shape index (κ3) is 3.98. The van der Waals surface area contributed by atoms with Gasteiger partial charge in [0, 0.05) is 25.7 Å². The molecule has 0 radical (unpaired) electrons. The molecule has 0 fully saturated rings. The van der Waals surface area contributed by atoms with E-state index in [-0.39, 0.29) is 5.56 Å². The number of hydrogen-bond donors (Lipinski definition) is 2. The van der Waals surface area contributed by atoms with E-state index in [1.807, 2.05) is 0 Å². The van der Waals surface area contributed by atoms with Crippen molar-refractivity contribution in [1.29, 1.82) is 0 Å². The summed E-state index contributed by atoms with van der Waals surface area (Å²) in [6.45, 7) is 1.05. The second-order valence-electron chi connectivity index (χ2n) is 4.02. The van der Waals surface area contributed by atoms with Crippen LogP contribution in [0.2, 0.25) is 0 Å². The van der Waals surface area contributed by atoms with Crippen LogP contribution < -0.4 is 10.5 Å². The minimum Gasteiger partial charge on any atom is -0.340 e. The number of benzene rings is 1. The zero-order valence-electron chi connectivity index (χ0n) is 10.7. The quantitative estimate of drug-likeness (QED) is 0.783. The van der Waals surface area contributed by atoms with Crippen molar-refractivity contribution in [3.63, 3.8) is 0 Å². The average molecular weight is 289 g/mol. The number of nitrogens with one attached hydrogen (secondary N) is 1. The normalized spacial score (nSPS) is 11.4. The number of sulfonamides is 1. The smallest absolute Gasteiger partial charge is 0.253 e. The van der Waals surface area contributed by atoms with Crippen molar-refractivity contribution in [2.45, 2.75) is 4.90 Å². The lowest BCUT2D eigenvalue weighted by molar-refractivity contribution is 0.0796. The van der Waals surface area contributed by atoms with Gasteiger partial charge in [0.25, 0.3) is 5.91 Å². The second kappa shape index (κ2) is 6.09. The molecule has 0 heterocycles. The molecule has 19 heavy (non-hydrogen) atoms. The number of likely N-dealkylation sites (N-methyl/N-ethyl adjacent to an activating group) is 2. The predicted octanol–water partition coefficient (Wildman–Crippen LogP) is -0.235. The molecule has 0 bridgehead atoms. The molecule has 0 aliphatic rings. The highest BCUT2D eigenvalue weighted by molar-refractivity contribution is 7.89. The van der Waals surface area contributed by atoms with Gasteiger partial charge in [-0.2, -0.15) is 0 Å². The van der Waals surface area contributed by atoms with E-state index in [0.717, 1.165) is 12.1 Å². The van der Waals surface area contributed by atoms with Crippen molar-refractivity contribution < 1.29 is 17.6 Å². The molecule has 106 valence electrons. The molecule has 1 aromatic carbocycles. The fraction of sp³-hybridized carbons (Fsp3) is 0.364. The number of hydrogen-bond acceptors (Lipinski definition) is 4. The van der Waals surface area contributed by atoms with Crippen molar-refractivity contribution >= 4 is 15.9 Å². The summed E-state index contributed by atoms with van der Waals surface area (Å²) in [7, 11) is -0.797. The lowest BCUT2D eigenvalue weighted by atomic mass is 10.2. The Morgan fingerprint density at radius 3 is 2.58 bits per heavy atom. The molecule has 6 nitrogen and oxygen atoms in total. The van der Waals surface area contributed by atoms with E-state index in [0.29, 0.717) is 13.1 Å². The summed E-state index contributed by atoms with van der Waals surface area (Å²) in [4.78, 5) is 12.7. The Labute approximate surface area is 111 Å². The molecule has 0 unspecified atom stereocenters.